The van der Waals surface area contributed by atoms with Gasteiger partial charge in [-0.3, -0.25) is 4.79 Å². The molecule has 3 fully saturated rings. The third kappa shape index (κ3) is 3.60. The van der Waals surface area contributed by atoms with Gasteiger partial charge >= 0.3 is 0 Å². The minimum Gasteiger partial charge on any atom is -0.326 e. The third-order valence-corrected chi connectivity index (χ3v) is 7.73. The summed E-state index contributed by atoms with van der Waals surface area (Å²) in [5.74, 6) is 2.11. The van der Waals surface area contributed by atoms with Crippen molar-refractivity contribution in [3.05, 3.63) is 24.3 Å². The van der Waals surface area contributed by atoms with Crippen molar-refractivity contribution in [2.45, 2.75) is 56.4 Å². The van der Waals surface area contributed by atoms with E-state index >= 15 is 0 Å². The Hall–Kier alpha value is -1.40. The number of sulfonamides is 1. The van der Waals surface area contributed by atoms with E-state index in [9.17, 15) is 13.2 Å². The average Bonchev–Trinajstić information content (AvgIpc) is 3.22. The quantitative estimate of drug-likeness (QED) is 0.816. The van der Waals surface area contributed by atoms with E-state index in [1.165, 1.54) is 19.3 Å². The number of hydrogen-bond acceptors (Lipinski definition) is 3. The van der Waals surface area contributed by atoms with Crippen LogP contribution in [0.4, 0.5) is 5.69 Å². The molecule has 0 aromatic heterocycles. The van der Waals surface area contributed by atoms with Crippen LogP contribution >= 0.6 is 0 Å². The first-order valence-corrected chi connectivity index (χ1v) is 10.8. The molecule has 3 saturated carbocycles. The molecule has 0 aliphatic heterocycles. The number of carbonyl (C=O) groups is 1. The van der Waals surface area contributed by atoms with E-state index in [2.05, 4.69) is 10.0 Å². The lowest BCUT2D eigenvalue weighted by atomic mass is 9.84. The number of anilines is 1. The van der Waals surface area contributed by atoms with Crippen LogP contribution in [0.3, 0.4) is 0 Å². The zero-order valence-electron chi connectivity index (χ0n) is 14.6. The van der Waals surface area contributed by atoms with Crippen molar-refractivity contribution in [2.75, 3.05) is 5.32 Å². The second-order valence-corrected chi connectivity index (χ2v) is 9.75. The van der Waals surface area contributed by atoms with Crippen molar-refractivity contribution in [3.63, 3.8) is 0 Å². The molecule has 5 nitrogen and oxygen atoms in total. The van der Waals surface area contributed by atoms with Crippen LogP contribution in [-0.2, 0) is 14.8 Å². The van der Waals surface area contributed by atoms with Gasteiger partial charge < -0.3 is 5.32 Å². The van der Waals surface area contributed by atoms with Gasteiger partial charge in [0.1, 0.15) is 0 Å². The summed E-state index contributed by atoms with van der Waals surface area (Å²) in [5.41, 5.74) is 0.650. The van der Waals surface area contributed by atoms with E-state index in [0.717, 1.165) is 25.2 Å². The molecule has 3 aliphatic rings. The van der Waals surface area contributed by atoms with Crippen molar-refractivity contribution >= 4 is 21.6 Å². The van der Waals surface area contributed by atoms with Gasteiger partial charge in [0.2, 0.25) is 15.9 Å². The Bertz CT molecular complexity index is 755. The predicted octanol–water partition coefficient (Wildman–Crippen LogP) is 3.14. The van der Waals surface area contributed by atoms with Crippen molar-refractivity contribution in [1.82, 2.24) is 4.72 Å². The number of amides is 1. The van der Waals surface area contributed by atoms with E-state index in [0.29, 0.717) is 17.5 Å². The third-order valence-electron chi connectivity index (χ3n) is 6.16. The Labute approximate surface area is 149 Å². The van der Waals surface area contributed by atoms with Crippen molar-refractivity contribution in [1.29, 1.82) is 0 Å². The number of rotatable bonds is 6. The first kappa shape index (κ1) is 17.0. The minimum absolute atomic E-state index is 0.0265. The number of hydrogen-bond donors (Lipinski definition) is 2. The van der Waals surface area contributed by atoms with Crippen molar-refractivity contribution in [3.8, 4) is 0 Å². The van der Waals surface area contributed by atoms with Gasteiger partial charge in [-0.2, -0.15) is 0 Å². The van der Waals surface area contributed by atoms with Gasteiger partial charge in [0.25, 0.3) is 0 Å². The monoisotopic (exact) mass is 362 g/mol. The molecule has 1 amide bonds. The van der Waals surface area contributed by atoms with Gasteiger partial charge in [0, 0.05) is 17.6 Å². The summed E-state index contributed by atoms with van der Waals surface area (Å²) in [6.45, 7) is 1.99. The molecule has 1 aromatic rings. The van der Waals surface area contributed by atoms with Crippen LogP contribution in [-0.4, -0.2) is 20.4 Å². The molecule has 0 spiro atoms. The Balaban J connectivity index is 1.40. The molecule has 6 heteroatoms. The molecule has 0 saturated heterocycles. The molecule has 4 rings (SSSR count). The highest BCUT2D eigenvalue weighted by Gasteiger charge is 2.42. The molecule has 4 unspecified atom stereocenters. The summed E-state index contributed by atoms with van der Waals surface area (Å²) in [4.78, 5) is 12.0. The molecule has 25 heavy (non-hydrogen) atoms. The smallest absolute Gasteiger partial charge is 0.240 e. The van der Waals surface area contributed by atoms with E-state index < -0.39 is 10.0 Å². The van der Waals surface area contributed by atoms with Crippen molar-refractivity contribution in [2.24, 2.45) is 23.7 Å². The summed E-state index contributed by atoms with van der Waals surface area (Å²) < 4.78 is 28.2. The van der Waals surface area contributed by atoms with Crippen LogP contribution in [0, 0.1) is 23.7 Å². The number of nitrogens with one attached hydrogen (secondary N) is 2. The second-order valence-electron chi connectivity index (χ2n) is 8.04. The van der Waals surface area contributed by atoms with Gasteiger partial charge in [-0.05, 0) is 81.0 Å². The Kier molecular flexibility index (Phi) is 4.36. The van der Waals surface area contributed by atoms with Gasteiger partial charge in [-0.15, -0.1) is 0 Å². The number of fused-ring (bicyclic) bond motifs is 2. The second kappa shape index (κ2) is 6.40. The van der Waals surface area contributed by atoms with Gasteiger partial charge in [-0.1, -0.05) is 6.42 Å². The molecule has 1 aromatic carbocycles. The molecule has 2 N–H and O–H groups in total. The highest BCUT2D eigenvalue weighted by Crippen LogP contribution is 2.49. The molecule has 0 heterocycles. The largest absolute Gasteiger partial charge is 0.326 e. The maximum Gasteiger partial charge on any atom is 0.240 e. The minimum atomic E-state index is -3.53. The SMILES string of the molecule is CC(NS(=O)(=O)c1ccc(NC(=O)C2CC2)cc1)C1CC2CCC1C2. The van der Waals surface area contributed by atoms with Gasteiger partial charge in [0.15, 0.2) is 0 Å². The highest BCUT2D eigenvalue weighted by molar-refractivity contribution is 7.89. The molecule has 2 bridgehead atoms. The fourth-order valence-corrected chi connectivity index (χ4v) is 5.91. The van der Waals surface area contributed by atoms with Gasteiger partial charge in [-0.25, -0.2) is 13.1 Å². The fraction of sp³-hybridized carbons (Fsp3) is 0.632. The summed E-state index contributed by atoms with van der Waals surface area (Å²) in [5, 5.41) is 2.83. The zero-order chi connectivity index (χ0) is 17.6. The molecular formula is C19H26N2O3S. The Morgan fingerprint density at radius 1 is 1.08 bits per heavy atom. The summed E-state index contributed by atoms with van der Waals surface area (Å²) in [7, 11) is -3.53. The van der Waals surface area contributed by atoms with Crippen LogP contribution in [0.5, 0.6) is 0 Å². The molecule has 4 atom stereocenters. The van der Waals surface area contributed by atoms with E-state index in [-0.39, 0.29) is 22.8 Å². The molecular weight excluding hydrogens is 336 g/mol. The Morgan fingerprint density at radius 2 is 1.80 bits per heavy atom. The van der Waals surface area contributed by atoms with Crippen LogP contribution < -0.4 is 10.0 Å². The lowest BCUT2D eigenvalue weighted by molar-refractivity contribution is -0.117. The molecule has 136 valence electrons. The van der Waals surface area contributed by atoms with E-state index in [1.807, 2.05) is 6.92 Å². The first-order valence-electron chi connectivity index (χ1n) is 9.35. The highest BCUT2D eigenvalue weighted by atomic mass is 32.2. The topological polar surface area (TPSA) is 75.3 Å². The first-order chi connectivity index (χ1) is 11.9. The number of benzene rings is 1. The predicted molar refractivity (Wildman–Crippen MR) is 96.5 cm³/mol. The van der Waals surface area contributed by atoms with E-state index in [1.54, 1.807) is 24.3 Å². The molecule has 0 radical (unpaired) electrons. The summed E-state index contributed by atoms with van der Waals surface area (Å²) in [6, 6.07) is 6.43. The average molecular weight is 362 g/mol. The van der Waals surface area contributed by atoms with Crippen LogP contribution in [0.2, 0.25) is 0 Å². The van der Waals surface area contributed by atoms with Crippen LogP contribution in [0.15, 0.2) is 29.2 Å². The van der Waals surface area contributed by atoms with Crippen LogP contribution in [0.25, 0.3) is 0 Å². The standard InChI is InChI=1S/C19H26N2O3S/c1-12(18-11-13-2-3-15(18)10-13)21-25(23,24)17-8-6-16(7-9-17)20-19(22)14-4-5-14/h6-9,12-15,18,21H,2-5,10-11H2,1H3,(H,20,22). The normalized spacial score (nSPS) is 29.6. The lowest BCUT2D eigenvalue weighted by Gasteiger charge is -2.28. The van der Waals surface area contributed by atoms with Crippen LogP contribution in [0.1, 0.15) is 45.4 Å². The summed E-state index contributed by atoms with van der Waals surface area (Å²) in [6.07, 6.45) is 6.88. The zero-order valence-corrected chi connectivity index (χ0v) is 15.4. The van der Waals surface area contributed by atoms with E-state index in [4.69, 9.17) is 0 Å². The Morgan fingerprint density at radius 3 is 2.36 bits per heavy atom. The number of carbonyl (C=O) groups excluding carboxylic acids is 1. The maximum absolute atomic E-state index is 12.7. The van der Waals surface area contributed by atoms with Crippen molar-refractivity contribution < 1.29 is 13.2 Å². The lowest BCUT2D eigenvalue weighted by Crippen LogP contribution is -2.40. The molecule has 3 aliphatic carbocycles. The fourth-order valence-electron chi connectivity index (χ4n) is 4.61. The maximum atomic E-state index is 12.7. The summed E-state index contributed by atoms with van der Waals surface area (Å²) >= 11 is 0. The van der Waals surface area contributed by atoms with Gasteiger partial charge in [0.05, 0.1) is 4.90 Å².